The second-order valence-corrected chi connectivity index (χ2v) is 6.63. The third-order valence-corrected chi connectivity index (χ3v) is 4.20. The average molecular weight is 404 g/mol. The van der Waals surface area contributed by atoms with Crippen LogP contribution in [0.5, 0.6) is 0 Å². The fourth-order valence-corrected chi connectivity index (χ4v) is 2.59. The summed E-state index contributed by atoms with van der Waals surface area (Å²) in [6.45, 7) is 0.551. The molecule has 0 radical (unpaired) electrons. The number of fused-ring (bicyclic) bond motifs is 1. The molecule has 0 atom stereocenters. The van der Waals surface area contributed by atoms with Crippen molar-refractivity contribution >= 4 is 46.0 Å². The van der Waals surface area contributed by atoms with E-state index >= 15 is 0 Å². The van der Waals surface area contributed by atoms with Crippen molar-refractivity contribution in [3.8, 4) is 0 Å². The molecule has 3 aromatic rings. The molecule has 2 heterocycles. The largest absolute Gasteiger partial charge is 0.354 e. The molecule has 146 valence electrons. The lowest BCUT2D eigenvalue weighted by Gasteiger charge is -2.11. The maximum atomic E-state index is 13.3. The first-order valence-corrected chi connectivity index (χ1v) is 8.95. The summed E-state index contributed by atoms with van der Waals surface area (Å²) < 4.78 is 13.3. The van der Waals surface area contributed by atoms with Crippen molar-refractivity contribution in [2.45, 2.75) is 12.8 Å². The van der Waals surface area contributed by atoms with Crippen LogP contribution >= 0.6 is 11.6 Å². The van der Waals surface area contributed by atoms with Crippen LogP contribution in [-0.2, 0) is 4.79 Å². The Morgan fingerprint density at radius 1 is 1.25 bits per heavy atom. The number of halogens is 2. The van der Waals surface area contributed by atoms with Gasteiger partial charge >= 0.3 is 0 Å². The fraction of sp³-hybridized carbons (Fsp3) is 0.278. The first-order chi connectivity index (χ1) is 13.4. The Kier molecular flexibility index (Phi) is 6.15. The zero-order chi connectivity index (χ0) is 20.1. The number of nitrogens with zero attached hydrogens (tertiary/aromatic N) is 5. The van der Waals surface area contributed by atoms with E-state index in [0.29, 0.717) is 47.9 Å². The molecule has 0 spiro atoms. The summed E-state index contributed by atoms with van der Waals surface area (Å²) >= 11 is 5.83. The monoisotopic (exact) mass is 403 g/mol. The van der Waals surface area contributed by atoms with Gasteiger partial charge in [-0.2, -0.15) is 0 Å². The van der Waals surface area contributed by atoms with Crippen molar-refractivity contribution in [3.63, 3.8) is 0 Å². The van der Waals surface area contributed by atoms with Crippen molar-refractivity contribution in [1.82, 2.24) is 24.8 Å². The zero-order valence-electron chi connectivity index (χ0n) is 15.4. The molecular formula is C18H19ClFN7O. The van der Waals surface area contributed by atoms with E-state index in [1.54, 1.807) is 31.3 Å². The highest BCUT2D eigenvalue weighted by Gasteiger charge is 2.10. The minimum atomic E-state index is -0.499. The molecular weight excluding hydrogens is 385 g/mol. The highest BCUT2D eigenvalue weighted by Crippen LogP contribution is 2.25. The SMILES string of the molecule is CN(C)C(=O)CCCNc1ncc2ncnc(Nc3ccc(F)c(Cl)c3)c2n1. The number of nitrogens with one attached hydrogen (secondary N) is 2. The van der Waals surface area contributed by atoms with Gasteiger partial charge in [0.1, 0.15) is 23.2 Å². The standard InChI is InChI=1S/C18H19ClFN7O/c1-27(2)15(28)4-3-7-21-18-22-9-14-16(26-18)17(24-10-23-14)25-11-5-6-13(20)12(19)8-11/h5-6,8-10H,3-4,7H2,1-2H3,(H,21,22,26)(H,23,24,25). The summed E-state index contributed by atoms with van der Waals surface area (Å²) in [6.07, 6.45) is 4.07. The summed E-state index contributed by atoms with van der Waals surface area (Å²) in [5, 5.41) is 6.17. The second kappa shape index (κ2) is 8.75. The van der Waals surface area contributed by atoms with E-state index in [1.807, 2.05) is 0 Å². The molecule has 0 saturated heterocycles. The minimum Gasteiger partial charge on any atom is -0.354 e. The van der Waals surface area contributed by atoms with Crippen molar-refractivity contribution in [1.29, 1.82) is 0 Å². The smallest absolute Gasteiger partial charge is 0.223 e. The highest BCUT2D eigenvalue weighted by molar-refractivity contribution is 6.31. The number of aromatic nitrogens is 4. The van der Waals surface area contributed by atoms with Gasteiger partial charge in [0, 0.05) is 32.7 Å². The van der Waals surface area contributed by atoms with Crippen molar-refractivity contribution in [2.75, 3.05) is 31.3 Å². The third-order valence-electron chi connectivity index (χ3n) is 3.91. The van der Waals surface area contributed by atoms with Gasteiger partial charge in [0.05, 0.1) is 11.2 Å². The van der Waals surface area contributed by atoms with E-state index in [4.69, 9.17) is 11.6 Å². The molecule has 0 saturated carbocycles. The normalized spacial score (nSPS) is 10.7. The summed E-state index contributed by atoms with van der Waals surface area (Å²) in [5.74, 6) is 0.418. The second-order valence-electron chi connectivity index (χ2n) is 6.22. The number of rotatable bonds is 7. The van der Waals surface area contributed by atoms with E-state index in [0.717, 1.165) is 0 Å². The molecule has 0 aliphatic carbocycles. The highest BCUT2D eigenvalue weighted by atomic mass is 35.5. The molecule has 8 nitrogen and oxygen atoms in total. The van der Waals surface area contributed by atoms with Gasteiger partial charge in [-0.05, 0) is 24.6 Å². The van der Waals surface area contributed by atoms with Crippen molar-refractivity contribution in [3.05, 3.63) is 41.6 Å². The maximum Gasteiger partial charge on any atom is 0.223 e. The van der Waals surface area contributed by atoms with Gasteiger partial charge in [-0.15, -0.1) is 0 Å². The van der Waals surface area contributed by atoms with Crippen LogP contribution < -0.4 is 10.6 Å². The Balaban J connectivity index is 1.74. The van der Waals surface area contributed by atoms with Crippen LogP contribution in [0.2, 0.25) is 5.02 Å². The Morgan fingerprint density at radius 3 is 2.82 bits per heavy atom. The van der Waals surface area contributed by atoms with Crippen LogP contribution in [0, 0.1) is 5.82 Å². The van der Waals surface area contributed by atoms with Gasteiger partial charge in [-0.25, -0.2) is 24.3 Å². The van der Waals surface area contributed by atoms with Crippen molar-refractivity contribution in [2.24, 2.45) is 0 Å². The number of hydrogen-bond acceptors (Lipinski definition) is 7. The molecule has 2 aromatic heterocycles. The van der Waals surface area contributed by atoms with E-state index in [9.17, 15) is 9.18 Å². The number of amides is 1. The first kappa shape index (κ1) is 19.7. The first-order valence-electron chi connectivity index (χ1n) is 8.58. The van der Waals surface area contributed by atoms with E-state index < -0.39 is 5.82 Å². The summed E-state index contributed by atoms with van der Waals surface area (Å²) in [7, 11) is 3.45. The zero-order valence-corrected chi connectivity index (χ0v) is 16.2. The lowest BCUT2D eigenvalue weighted by molar-refractivity contribution is -0.128. The van der Waals surface area contributed by atoms with Crippen LogP contribution in [0.4, 0.5) is 21.8 Å². The van der Waals surface area contributed by atoms with Gasteiger partial charge in [0.15, 0.2) is 5.82 Å². The molecule has 0 aliphatic rings. The van der Waals surface area contributed by atoms with Gasteiger partial charge < -0.3 is 15.5 Å². The molecule has 1 aromatic carbocycles. The van der Waals surface area contributed by atoms with Gasteiger partial charge in [0.25, 0.3) is 0 Å². The Labute approximate surface area is 166 Å². The molecule has 0 aliphatic heterocycles. The van der Waals surface area contributed by atoms with Gasteiger partial charge in [-0.1, -0.05) is 11.6 Å². The minimum absolute atomic E-state index is 0.00705. The van der Waals surface area contributed by atoms with Crippen LogP contribution in [0.15, 0.2) is 30.7 Å². The maximum absolute atomic E-state index is 13.3. The Bertz CT molecular complexity index is 999. The molecule has 28 heavy (non-hydrogen) atoms. The predicted molar refractivity (Wildman–Crippen MR) is 106 cm³/mol. The van der Waals surface area contributed by atoms with E-state index in [1.165, 1.54) is 18.5 Å². The quantitative estimate of drug-likeness (QED) is 0.584. The fourth-order valence-electron chi connectivity index (χ4n) is 2.40. The van der Waals surface area contributed by atoms with Gasteiger partial charge in [-0.3, -0.25) is 4.79 Å². The van der Waals surface area contributed by atoms with Crippen molar-refractivity contribution < 1.29 is 9.18 Å². The Morgan fingerprint density at radius 2 is 2.07 bits per heavy atom. The topological polar surface area (TPSA) is 95.9 Å². The summed E-state index contributed by atoms with van der Waals surface area (Å²) in [4.78, 5) is 30.2. The number of hydrogen-bond donors (Lipinski definition) is 2. The number of benzene rings is 1. The molecule has 3 rings (SSSR count). The van der Waals surface area contributed by atoms with Crippen LogP contribution in [0.25, 0.3) is 11.0 Å². The predicted octanol–water partition coefficient (Wildman–Crippen LogP) is 3.24. The van der Waals surface area contributed by atoms with E-state index in [2.05, 4.69) is 30.6 Å². The number of carbonyl (C=O) groups is 1. The van der Waals surface area contributed by atoms with Crippen LogP contribution in [0.3, 0.4) is 0 Å². The van der Waals surface area contributed by atoms with E-state index in [-0.39, 0.29) is 10.9 Å². The molecule has 10 heteroatoms. The van der Waals surface area contributed by atoms with Crippen LogP contribution in [-0.4, -0.2) is 51.4 Å². The lowest BCUT2D eigenvalue weighted by Crippen LogP contribution is -2.22. The van der Waals surface area contributed by atoms with Crippen LogP contribution in [0.1, 0.15) is 12.8 Å². The molecule has 0 bridgehead atoms. The Hall–Kier alpha value is -3.07. The molecule has 2 N–H and O–H groups in total. The number of anilines is 3. The third kappa shape index (κ3) is 4.80. The molecule has 1 amide bonds. The lowest BCUT2D eigenvalue weighted by atomic mass is 10.3. The molecule has 0 fully saturated rings. The van der Waals surface area contributed by atoms with Gasteiger partial charge in [0.2, 0.25) is 11.9 Å². The average Bonchev–Trinajstić information content (AvgIpc) is 2.68. The number of carbonyl (C=O) groups excluding carboxylic acids is 1. The summed E-state index contributed by atoms with van der Waals surface area (Å²) in [6, 6.07) is 4.29. The molecule has 0 unspecified atom stereocenters. The summed E-state index contributed by atoms with van der Waals surface area (Å²) in [5.41, 5.74) is 1.63.